The molecule has 1 aromatic heterocycles. The second-order valence-corrected chi connectivity index (χ2v) is 12.5. The van der Waals surface area contributed by atoms with Crippen LogP contribution in [0.25, 0.3) is 0 Å². The zero-order chi connectivity index (χ0) is 25.2. The highest BCUT2D eigenvalue weighted by Crippen LogP contribution is 2.44. The van der Waals surface area contributed by atoms with E-state index in [9.17, 15) is 8.42 Å². The molecule has 3 aromatic rings. The lowest BCUT2D eigenvalue weighted by atomic mass is 9.90. The molecule has 0 saturated carbocycles. The summed E-state index contributed by atoms with van der Waals surface area (Å²) in [5.74, 6) is 1.23. The van der Waals surface area contributed by atoms with E-state index in [0.717, 1.165) is 36.3 Å². The smallest absolute Gasteiger partial charge is 0.152 e. The molecule has 36 heavy (non-hydrogen) atoms. The van der Waals surface area contributed by atoms with Gasteiger partial charge in [-0.2, -0.15) is 5.10 Å². The lowest BCUT2D eigenvalue weighted by Gasteiger charge is -2.31. The summed E-state index contributed by atoms with van der Waals surface area (Å²) < 4.78 is 37.7. The van der Waals surface area contributed by atoms with E-state index in [1.165, 1.54) is 6.33 Å². The van der Waals surface area contributed by atoms with Crippen molar-refractivity contribution in [2.75, 3.05) is 31.2 Å². The molecule has 0 N–H and O–H groups in total. The van der Waals surface area contributed by atoms with Crippen molar-refractivity contribution >= 4 is 33.0 Å². The number of aromatic nitrogens is 3. The quantitative estimate of drug-likeness (QED) is 0.419. The average molecular weight is 551 g/mol. The molecule has 2 atom stereocenters. The Hall–Kier alpha value is -2.17. The van der Waals surface area contributed by atoms with Gasteiger partial charge in [0.25, 0.3) is 0 Å². The molecule has 0 amide bonds. The Balaban J connectivity index is 1.20. The van der Waals surface area contributed by atoms with Crippen LogP contribution in [0.4, 0.5) is 0 Å². The van der Waals surface area contributed by atoms with Gasteiger partial charge in [-0.3, -0.25) is 4.90 Å². The molecule has 0 bridgehead atoms. The van der Waals surface area contributed by atoms with E-state index >= 15 is 0 Å². The summed E-state index contributed by atoms with van der Waals surface area (Å²) in [6.45, 7) is 2.78. The van der Waals surface area contributed by atoms with Gasteiger partial charge in [0, 0.05) is 35.2 Å². The van der Waals surface area contributed by atoms with E-state index in [1.54, 1.807) is 17.1 Å². The summed E-state index contributed by atoms with van der Waals surface area (Å²) in [5, 5.41) is 5.40. The van der Waals surface area contributed by atoms with Crippen LogP contribution in [-0.2, 0) is 33.3 Å². The number of rotatable bonds is 8. The Labute approximate surface area is 221 Å². The summed E-state index contributed by atoms with van der Waals surface area (Å²) in [6.07, 6.45) is 4.62. The summed E-state index contributed by atoms with van der Waals surface area (Å²) in [5.41, 5.74) is 1.35. The Morgan fingerprint density at radius 1 is 1.11 bits per heavy atom. The zero-order valence-corrected chi connectivity index (χ0v) is 22.1. The molecule has 5 rings (SSSR count). The van der Waals surface area contributed by atoms with Crippen molar-refractivity contribution in [1.82, 2.24) is 19.7 Å². The first-order valence-corrected chi connectivity index (χ1v) is 14.5. The summed E-state index contributed by atoms with van der Waals surface area (Å²) in [6, 6.07) is 13.4. The molecule has 0 radical (unpaired) electrons. The molecule has 3 heterocycles. The minimum Gasteiger partial charge on any atom is -0.491 e. The van der Waals surface area contributed by atoms with E-state index in [0.29, 0.717) is 36.3 Å². The second kappa shape index (κ2) is 10.7. The van der Waals surface area contributed by atoms with Gasteiger partial charge in [-0.15, -0.1) is 0 Å². The first-order valence-electron chi connectivity index (χ1n) is 11.9. The third-order valence-electron chi connectivity index (χ3n) is 6.77. The van der Waals surface area contributed by atoms with Gasteiger partial charge in [-0.25, -0.2) is 18.1 Å². The van der Waals surface area contributed by atoms with Gasteiger partial charge in [-0.1, -0.05) is 41.4 Å². The standard InChI is InChI=1S/C25H28Cl2N4O4S/c26-20-3-6-23(24(27)13-20)25(16-31-18-28-17-29-31)8-7-22(35-25)15-34-21-4-1-19(2-5-21)14-30-9-11-36(32,33)12-10-30/h1-6,13,17-18,22H,7-12,14-16H2. The highest BCUT2D eigenvalue weighted by Gasteiger charge is 2.44. The first-order chi connectivity index (χ1) is 17.3. The fraction of sp³-hybridized carbons (Fsp3) is 0.440. The van der Waals surface area contributed by atoms with Gasteiger partial charge in [-0.05, 0) is 42.7 Å². The molecule has 2 aliphatic rings. The molecule has 0 spiro atoms. The third-order valence-corrected chi connectivity index (χ3v) is 8.93. The highest BCUT2D eigenvalue weighted by atomic mass is 35.5. The van der Waals surface area contributed by atoms with Crippen LogP contribution < -0.4 is 4.74 Å². The van der Waals surface area contributed by atoms with Gasteiger partial charge in [0.1, 0.15) is 30.6 Å². The van der Waals surface area contributed by atoms with E-state index in [4.69, 9.17) is 32.7 Å². The maximum Gasteiger partial charge on any atom is 0.152 e. The van der Waals surface area contributed by atoms with Crippen molar-refractivity contribution in [2.45, 2.75) is 37.6 Å². The number of halogens is 2. The van der Waals surface area contributed by atoms with Crippen LogP contribution in [0, 0.1) is 0 Å². The van der Waals surface area contributed by atoms with Crippen LogP contribution in [0.3, 0.4) is 0 Å². The van der Waals surface area contributed by atoms with Crippen molar-refractivity contribution < 1.29 is 17.9 Å². The molecule has 0 aliphatic carbocycles. The molecular formula is C25H28Cl2N4O4S. The molecular weight excluding hydrogens is 523 g/mol. The summed E-state index contributed by atoms with van der Waals surface area (Å²) in [4.78, 5) is 6.23. The Kier molecular flexibility index (Phi) is 7.55. The van der Waals surface area contributed by atoms with Crippen molar-refractivity contribution in [1.29, 1.82) is 0 Å². The van der Waals surface area contributed by atoms with Crippen LogP contribution in [0.1, 0.15) is 24.0 Å². The molecule has 11 heteroatoms. The first kappa shape index (κ1) is 25.5. The molecule has 8 nitrogen and oxygen atoms in total. The van der Waals surface area contributed by atoms with Gasteiger partial charge in [0.05, 0.1) is 24.2 Å². The van der Waals surface area contributed by atoms with Gasteiger partial charge < -0.3 is 9.47 Å². The Bertz CT molecular complexity index is 1270. The number of nitrogens with zero attached hydrogens (tertiary/aromatic N) is 4. The van der Waals surface area contributed by atoms with Gasteiger partial charge >= 0.3 is 0 Å². The maximum atomic E-state index is 11.6. The predicted octanol–water partition coefficient (Wildman–Crippen LogP) is 3.97. The molecule has 2 saturated heterocycles. The molecule has 192 valence electrons. The van der Waals surface area contributed by atoms with Crippen LogP contribution in [0.15, 0.2) is 55.1 Å². The van der Waals surface area contributed by atoms with Crippen LogP contribution in [0.5, 0.6) is 5.75 Å². The number of hydrogen-bond acceptors (Lipinski definition) is 7. The summed E-state index contributed by atoms with van der Waals surface area (Å²) in [7, 11) is -2.87. The Morgan fingerprint density at radius 2 is 1.89 bits per heavy atom. The number of hydrogen-bond donors (Lipinski definition) is 0. The Morgan fingerprint density at radius 3 is 2.58 bits per heavy atom. The van der Waals surface area contributed by atoms with E-state index in [2.05, 4.69) is 15.0 Å². The number of ether oxygens (including phenoxy) is 2. The van der Waals surface area contributed by atoms with Crippen molar-refractivity contribution in [2.24, 2.45) is 0 Å². The van der Waals surface area contributed by atoms with Crippen molar-refractivity contribution in [3.8, 4) is 5.75 Å². The molecule has 2 aliphatic heterocycles. The van der Waals surface area contributed by atoms with Crippen molar-refractivity contribution in [3.05, 3.63) is 76.3 Å². The SMILES string of the molecule is O=S1(=O)CCN(Cc2ccc(OCC3CCC(Cn4cncn4)(c4ccc(Cl)cc4Cl)O3)cc2)CC1. The van der Waals surface area contributed by atoms with Crippen LogP contribution in [-0.4, -0.2) is 65.4 Å². The fourth-order valence-corrected chi connectivity index (χ4v) is 6.69. The molecule has 2 unspecified atom stereocenters. The highest BCUT2D eigenvalue weighted by molar-refractivity contribution is 7.91. The van der Waals surface area contributed by atoms with E-state index in [1.807, 2.05) is 36.4 Å². The average Bonchev–Trinajstić information content (AvgIpc) is 3.51. The van der Waals surface area contributed by atoms with Gasteiger partial charge in [0.15, 0.2) is 9.84 Å². The fourth-order valence-electron chi connectivity index (χ4n) is 4.83. The zero-order valence-electron chi connectivity index (χ0n) is 19.7. The normalized spacial score (nSPS) is 24.1. The lowest BCUT2D eigenvalue weighted by molar-refractivity contribution is -0.0715. The van der Waals surface area contributed by atoms with E-state index in [-0.39, 0.29) is 17.6 Å². The second-order valence-electron chi connectivity index (χ2n) is 9.37. The maximum absolute atomic E-state index is 11.6. The van der Waals surface area contributed by atoms with Gasteiger partial charge in [0.2, 0.25) is 0 Å². The minimum atomic E-state index is -2.87. The minimum absolute atomic E-state index is 0.116. The largest absolute Gasteiger partial charge is 0.491 e. The summed E-state index contributed by atoms with van der Waals surface area (Å²) >= 11 is 12.7. The predicted molar refractivity (Wildman–Crippen MR) is 138 cm³/mol. The van der Waals surface area contributed by atoms with Crippen LogP contribution in [0.2, 0.25) is 10.0 Å². The molecule has 2 fully saturated rings. The van der Waals surface area contributed by atoms with Crippen LogP contribution >= 0.6 is 23.2 Å². The lowest BCUT2D eigenvalue weighted by Crippen LogP contribution is -2.39. The number of benzene rings is 2. The monoisotopic (exact) mass is 550 g/mol. The third kappa shape index (κ3) is 6.03. The topological polar surface area (TPSA) is 86.6 Å². The number of sulfone groups is 1. The molecule has 2 aromatic carbocycles. The van der Waals surface area contributed by atoms with Crippen molar-refractivity contribution in [3.63, 3.8) is 0 Å². The van der Waals surface area contributed by atoms with E-state index < -0.39 is 15.4 Å².